The molecule has 5 heteroatoms. The summed E-state index contributed by atoms with van der Waals surface area (Å²) in [4.78, 5) is 8.01. The number of rotatable bonds is 4. The number of hydrogen-bond acceptors (Lipinski definition) is 4. The van der Waals surface area contributed by atoms with Crippen molar-refractivity contribution in [1.29, 1.82) is 0 Å². The lowest BCUT2D eigenvalue weighted by atomic mass is 10.4. The molecule has 0 amide bonds. The van der Waals surface area contributed by atoms with Crippen LogP contribution in [0.5, 0.6) is 0 Å². The third-order valence-corrected chi connectivity index (χ3v) is 2.43. The van der Waals surface area contributed by atoms with Gasteiger partial charge in [0.25, 0.3) is 0 Å². The van der Waals surface area contributed by atoms with Gasteiger partial charge in [-0.2, -0.15) is 11.8 Å². The van der Waals surface area contributed by atoms with Crippen molar-refractivity contribution in [2.75, 3.05) is 17.3 Å². The monoisotopic (exact) mass is 217 g/mol. The molecule has 0 saturated heterocycles. The first-order valence-corrected chi connectivity index (χ1v) is 5.72. The molecular formula is C8H12ClN3S. The van der Waals surface area contributed by atoms with E-state index in [0.29, 0.717) is 11.2 Å². The van der Waals surface area contributed by atoms with Crippen molar-refractivity contribution in [2.45, 2.75) is 13.0 Å². The van der Waals surface area contributed by atoms with E-state index in [4.69, 9.17) is 11.6 Å². The molecule has 1 N–H and O–H groups in total. The normalized spacial score (nSPS) is 12.5. The van der Waals surface area contributed by atoms with Gasteiger partial charge < -0.3 is 5.32 Å². The molecule has 0 radical (unpaired) electrons. The van der Waals surface area contributed by atoms with E-state index in [9.17, 15) is 0 Å². The topological polar surface area (TPSA) is 37.8 Å². The van der Waals surface area contributed by atoms with Gasteiger partial charge in [-0.15, -0.1) is 0 Å². The molecule has 1 aromatic rings. The third-order valence-electron chi connectivity index (χ3n) is 1.42. The zero-order valence-electron chi connectivity index (χ0n) is 7.62. The summed E-state index contributed by atoms with van der Waals surface area (Å²) >= 11 is 7.48. The number of hydrogen-bond donors (Lipinski definition) is 1. The Labute approximate surface area is 87.3 Å². The highest BCUT2D eigenvalue weighted by Gasteiger charge is 2.02. The van der Waals surface area contributed by atoms with Crippen LogP contribution < -0.4 is 5.32 Å². The molecule has 0 spiro atoms. The Bertz CT molecular complexity index is 269. The number of thioether (sulfide) groups is 1. The van der Waals surface area contributed by atoms with Crippen LogP contribution in [-0.4, -0.2) is 28.0 Å². The van der Waals surface area contributed by atoms with Crippen molar-refractivity contribution in [3.05, 3.63) is 17.5 Å². The maximum Gasteiger partial charge on any atom is 0.149 e. The smallest absolute Gasteiger partial charge is 0.149 e. The van der Waals surface area contributed by atoms with E-state index >= 15 is 0 Å². The Balaban J connectivity index is 2.53. The number of nitrogens with zero attached hydrogens (tertiary/aromatic N) is 2. The van der Waals surface area contributed by atoms with Gasteiger partial charge in [-0.05, 0) is 13.2 Å². The first-order valence-electron chi connectivity index (χ1n) is 3.95. The maximum atomic E-state index is 5.69. The fourth-order valence-electron chi connectivity index (χ4n) is 0.956. The van der Waals surface area contributed by atoms with Gasteiger partial charge in [0.15, 0.2) is 0 Å². The highest BCUT2D eigenvalue weighted by atomic mass is 35.5. The Kier molecular flexibility index (Phi) is 4.32. The number of aromatic nitrogens is 2. The lowest BCUT2D eigenvalue weighted by molar-refractivity contribution is 0.899. The fourth-order valence-corrected chi connectivity index (χ4v) is 1.69. The van der Waals surface area contributed by atoms with Crippen molar-refractivity contribution in [3.8, 4) is 0 Å². The van der Waals surface area contributed by atoms with E-state index in [1.165, 1.54) is 6.20 Å². The molecule has 3 nitrogen and oxygen atoms in total. The lowest BCUT2D eigenvalue weighted by Gasteiger charge is -2.12. The van der Waals surface area contributed by atoms with Gasteiger partial charge in [-0.25, -0.2) is 4.98 Å². The third kappa shape index (κ3) is 3.83. The Hall–Kier alpha value is -0.480. The summed E-state index contributed by atoms with van der Waals surface area (Å²) in [6.07, 6.45) is 5.26. The van der Waals surface area contributed by atoms with Gasteiger partial charge in [-0.3, -0.25) is 4.98 Å². The van der Waals surface area contributed by atoms with Crippen LogP contribution in [-0.2, 0) is 0 Å². The van der Waals surface area contributed by atoms with Crippen LogP contribution in [0.1, 0.15) is 6.92 Å². The molecule has 0 aliphatic heterocycles. The second-order valence-electron chi connectivity index (χ2n) is 2.73. The van der Waals surface area contributed by atoms with Gasteiger partial charge in [0, 0.05) is 11.8 Å². The van der Waals surface area contributed by atoms with Gasteiger partial charge >= 0.3 is 0 Å². The van der Waals surface area contributed by atoms with Crippen LogP contribution in [0.25, 0.3) is 0 Å². The van der Waals surface area contributed by atoms with Crippen molar-refractivity contribution in [2.24, 2.45) is 0 Å². The van der Waals surface area contributed by atoms with Gasteiger partial charge in [-0.1, -0.05) is 11.6 Å². The Morgan fingerprint density at radius 3 is 3.00 bits per heavy atom. The summed E-state index contributed by atoms with van der Waals surface area (Å²) in [6.45, 7) is 2.10. The molecule has 1 aromatic heterocycles. The summed E-state index contributed by atoms with van der Waals surface area (Å²) in [5, 5.41) is 3.62. The molecule has 0 fully saturated rings. The van der Waals surface area contributed by atoms with Gasteiger partial charge in [0.1, 0.15) is 11.0 Å². The summed E-state index contributed by atoms with van der Waals surface area (Å²) in [5.41, 5.74) is 0. The van der Waals surface area contributed by atoms with Crippen molar-refractivity contribution in [3.63, 3.8) is 0 Å². The number of anilines is 1. The van der Waals surface area contributed by atoms with Crippen molar-refractivity contribution < 1.29 is 0 Å². The molecule has 0 saturated carbocycles. The predicted octanol–water partition coefficient (Wildman–Crippen LogP) is 2.29. The zero-order chi connectivity index (χ0) is 9.68. The van der Waals surface area contributed by atoms with E-state index in [-0.39, 0.29) is 0 Å². The van der Waals surface area contributed by atoms with E-state index in [2.05, 4.69) is 28.5 Å². The molecule has 72 valence electrons. The molecule has 0 bridgehead atoms. The lowest BCUT2D eigenvalue weighted by Crippen LogP contribution is -2.18. The van der Waals surface area contributed by atoms with Crippen molar-refractivity contribution >= 4 is 29.2 Å². The molecule has 1 rings (SSSR count). The highest BCUT2D eigenvalue weighted by molar-refractivity contribution is 7.98. The predicted molar refractivity (Wildman–Crippen MR) is 58.5 cm³/mol. The van der Waals surface area contributed by atoms with Gasteiger partial charge in [0.2, 0.25) is 0 Å². The minimum Gasteiger partial charge on any atom is -0.365 e. The molecule has 13 heavy (non-hydrogen) atoms. The summed E-state index contributed by atoms with van der Waals surface area (Å²) in [5.74, 6) is 1.77. The molecule has 0 aliphatic rings. The molecule has 1 atom stereocenters. The first-order chi connectivity index (χ1) is 6.22. The van der Waals surface area contributed by atoms with E-state index in [1.54, 1.807) is 18.0 Å². The molecule has 1 unspecified atom stereocenters. The zero-order valence-corrected chi connectivity index (χ0v) is 9.19. The summed E-state index contributed by atoms with van der Waals surface area (Å²) < 4.78 is 0. The summed E-state index contributed by atoms with van der Waals surface area (Å²) in [6, 6.07) is 0.378. The SMILES string of the molecule is CSCC(C)Nc1cncc(Cl)n1. The second kappa shape index (κ2) is 5.29. The van der Waals surface area contributed by atoms with E-state index < -0.39 is 0 Å². The largest absolute Gasteiger partial charge is 0.365 e. The van der Waals surface area contributed by atoms with Crippen LogP contribution in [0.2, 0.25) is 5.15 Å². The molecular weight excluding hydrogens is 206 g/mol. The van der Waals surface area contributed by atoms with Crippen LogP contribution in [0, 0.1) is 0 Å². The minimum atomic E-state index is 0.378. The Morgan fingerprint density at radius 1 is 1.62 bits per heavy atom. The maximum absolute atomic E-state index is 5.69. The second-order valence-corrected chi connectivity index (χ2v) is 4.03. The fraction of sp³-hybridized carbons (Fsp3) is 0.500. The van der Waals surface area contributed by atoms with Crippen LogP contribution >= 0.6 is 23.4 Å². The number of nitrogens with one attached hydrogen (secondary N) is 1. The van der Waals surface area contributed by atoms with Crippen LogP contribution in [0.4, 0.5) is 5.82 Å². The number of halogens is 1. The average Bonchev–Trinajstić information content (AvgIpc) is 2.04. The van der Waals surface area contributed by atoms with Crippen LogP contribution in [0.15, 0.2) is 12.4 Å². The quantitative estimate of drug-likeness (QED) is 0.840. The first kappa shape index (κ1) is 10.6. The molecule has 1 heterocycles. The standard InChI is InChI=1S/C8H12ClN3S/c1-6(5-13-2)11-8-4-10-3-7(9)12-8/h3-4,6H,5H2,1-2H3,(H,11,12). The van der Waals surface area contributed by atoms with Crippen LogP contribution in [0.3, 0.4) is 0 Å². The van der Waals surface area contributed by atoms with E-state index in [1.807, 2.05) is 0 Å². The van der Waals surface area contributed by atoms with E-state index in [0.717, 1.165) is 11.6 Å². The van der Waals surface area contributed by atoms with Crippen molar-refractivity contribution in [1.82, 2.24) is 9.97 Å². The molecule has 0 aliphatic carbocycles. The Morgan fingerprint density at radius 2 is 2.38 bits per heavy atom. The minimum absolute atomic E-state index is 0.378. The highest BCUT2D eigenvalue weighted by Crippen LogP contribution is 2.09. The average molecular weight is 218 g/mol. The summed E-state index contributed by atoms with van der Waals surface area (Å²) in [7, 11) is 0. The van der Waals surface area contributed by atoms with Gasteiger partial charge in [0.05, 0.1) is 12.4 Å². The molecule has 0 aromatic carbocycles.